The number of nitro groups is 1. The summed E-state index contributed by atoms with van der Waals surface area (Å²) in [5.41, 5.74) is 2.06. The molecule has 0 aliphatic heterocycles. The van der Waals surface area contributed by atoms with Crippen molar-refractivity contribution in [1.29, 1.82) is 0 Å². The summed E-state index contributed by atoms with van der Waals surface area (Å²) in [7, 11) is 0. The predicted octanol–water partition coefficient (Wildman–Crippen LogP) is 2.80. The minimum Gasteiger partial charge on any atom is -0.345 e. The van der Waals surface area contributed by atoms with Gasteiger partial charge in [0.1, 0.15) is 5.82 Å². The van der Waals surface area contributed by atoms with E-state index in [0.717, 1.165) is 11.0 Å². The maximum Gasteiger partial charge on any atom is 0.276 e. The van der Waals surface area contributed by atoms with Crippen LogP contribution in [0.25, 0.3) is 17.1 Å². The molecule has 1 amide bonds. The van der Waals surface area contributed by atoms with Crippen molar-refractivity contribution in [2.75, 3.05) is 0 Å². The summed E-state index contributed by atoms with van der Waals surface area (Å²) in [6.45, 7) is 0.245. The smallest absolute Gasteiger partial charge is 0.276 e. The monoisotopic (exact) mass is 322 g/mol. The highest BCUT2D eigenvalue weighted by Crippen LogP contribution is 2.18. The second-order valence-electron chi connectivity index (χ2n) is 5.07. The molecule has 120 valence electrons. The molecule has 0 saturated heterocycles. The zero-order chi connectivity index (χ0) is 16.9. The van der Waals surface area contributed by atoms with Gasteiger partial charge in [-0.05, 0) is 24.3 Å². The molecule has 1 aromatic heterocycles. The van der Waals surface area contributed by atoms with Crippen LogP contribution in [0, 0.1) is 10.1 Å². The summed E-state index contributed by atoms with van der Waals surface area (Å²) < 4.78 is 0. The number of hydrogen-bond acceptors (Lipinski definition) is 4. The fourth-order valence-electron chi connectivity index (χ4n) is 2.28. The van der Waals surface area contributed by atoms with Gasteiger partial charge in [-0.25, -0.2) is 4.98 Å². The summed E-state index contributed by atoms with van der Waals surface area (Å²) in [6.07, 6.45) is 2.69. The van der Waals surface area contributed by atoms with Crippen molar-refractivity contribution in [3.8, 4) is 0 Å². The standard InChI is InChI=1S/C17H14N4O3/c22-17(10-9-12-5-1-4-8-15(12)21(23)24)18-11-16-19-13-6-2-3-7-14(13)20-16/h1-10H,11H2,(H,18,22)(H,19,20)/b10-9+. The van der Waals surface area contributed by atoms with Crippen molar-refractivity contribution in [2.24, 2.45) is 0 Å². The first-order valence-electron chi connectivity index (χ1n) is 7.26. The third kappa shape index (κ3) is 3.46. The first-order valence-corrected chi connectivity index (χ1v) is 7.26. The van der Waals surface area contributed by atoms with Gasteiger partial charge < -0.3 is 10.3 Å². The number of amides is 1. The fourth-order valence-corrected chi connectivity index (χ4v) is 2.28. The van der Waals surface area contributed by atoms with Crippen LogP contribution in [0.15, 0.2) is 54.6 Å². The van der Waals surface area contributed by atoms with Crippen LogP contribution in [0.4, 0.5) is 5.69 Å². The Labute approximate surface area is 137 Å². The molecule has 1 heterocycles. The van der Waals surface area contributed by atoms with Crippen molar-refractivity contribution >= 4 is 28.7 Å². The Morgan fingerprint density at radius 3 is 2.75 bits per heavy atom. The van der Waals surface area contributed by atoms with E-state index in [4.69, 9.17) is 0 Å². The molecule has 0 radical (unpaired) electrons. The Morgan fingerprint density at radius 1 is 1.21 bits per heavy atom. The summed E-state index contributed by atoms with van der Waals surface area (Å²) in [5, 5.41) is 13.6. The second kappa shape index (κ2) is 6.74. The largest absolute Gasteiger partial charge is 0.345 e. The van der Waals surface area contributed by atoms with Gasteiger partial charge in [0.05, 0.1) is 28.1 Å². The molecule has 0 bridgehead atoms. The number of imidazole rings is 1. The predicted molar refractivity (Wildman–Crippen MR) is 90.1 cm³/mol. The van der Waals surface area contributed by atoms with Gasteiger partial charge >= 0.3 is 0 Å². The molecule has 2 N–H and O–H groups in total. The second-order valence-corrected chi connectivity index (χ2v) is 5.07. The summed E-state index contributed by atoms with van der Waals surface area (Å²) >= 11 is 0. The average molecular weight is 322 g/mol. The summed E-state index contributed by atoms with van der Waals surface area (Å²) in [4.78, 5) is 29.8. The van der Waals surface area contributed by atoms with E-state index in [9.17, 15) is 14.9 Å². The Bertz CT molecular complexity index is 897. The van der Waals surface area contributed by atoms with Gasteiger partial charge in [-0.15, -0.1) is 0 Å². The number of para-hydroxylation sites is 3. The SMILES string of the molecule is O=C(/C=C/c1ccccc1[N+](=O)[O-])NCc1nc2ccccc2[nH]1. The zero-order valence-corrected chi connectivity index (χ0v) is 12.6. The molecule has 24 heavy (non-hydrogen) atoms. The number of benzene rings is 2. The van der Waals surface area contributed by atoms with E-state index in [1.807, 2.05) is 24.3 Å². The van der Waals surface area contributed by atoms with Crippen molar-refractivity contribution < 1.29 is 9.72 Å². The van der Waals surface area contributed by atoms with Gasteiger partial charge in [0, 0.05) is 12.1 Å². The number of nitrogens with zero attached hydrogens (tertiary/aromatic N) is 2. The molecule has 3 rings (SSSR count). The van der Waals surface area contributed by atoms with Gasteiger partial charge in [-0.2, -0.15) is 0 Å². The van der Waals surface area contributed by atoms with E-state index >= 15 is 0 Å². The van der Waals surface area contributed by atoms with Gasteiger partial charge in [0.2, 0.25) is 5.91 Å². The molecule has 3 aromatic rings. The van der Waals surface area contributed by atoms with E-state index in [1.165, 1.54) is 18.2 Å². The minimum absolute atomic E-state index is 0.0427. The zero-order valence-electron chi connectivity index (χ0n) is 12.6. The van der Waals surface area contributed by atoms with E-state index in [2.05, 4.69) is 15.3 Å². The number of carbonyl (C=O) groups is 1. The first-order chi connectivity index (χ1) is 11.6. The Morgan fingerprint density at radius 2 is 1.96 bits per heavy atom. The maximum absolute atomic E-state index is 11.9. The van der Waals surface area contributed by atoms with Gasteiger partial charge in [-0.3, -0.25) is 14.9 Å². The van der Waals surface area contributed by atoms with Crippen molar-refractivity contribution in [1.82, 2.24) is 15.3 Å². The lowest BCUT2D eigenvalue weighted by Crippen LogP contribution is -2.20. The number of aromatic nitrogens is 2. The van der Waals surface area contributed by atoms with Crippen LogP contribution in [0.3, 0.4) is 0 Å². The molecular formula is C17H14N4O3. The molecule has 2 aromatic carbocycles. The first kappa shape index (κ1) is 15.4. The van der Waals surface area contributed by atoms with Gasteiger partial charge in [-0.1, -0.05) is 24.3 Å². The minimum atomic E-state index is -0.480. The molecule has 0 spiro atoms. The van der Waals surface area contributed by atoms with E-state index < -0.39 is 4.92 Å². The molecule has 0 aliphatic carbocycles. The Kier molecular flexibility index (Phi) is 4.33. The van der Waals surface area contributed by atoms with Crippen LogP contribution in [0.1, 0.15) is 11.4 Å². The lowest BCUT2D eigenvalue weighted by Gasteiger charge is -1.99. The molecule has 7 nitrogen and oxygen atoms in total. The van der Waals surface area contributed by atoms with E-state index in [0.29, 0.717) is 11.4 Å². The van der Waals surface area contributed by atoms with Crippen LogP contribution >= 0.6 is 0 Å². The van der Waals surface area contributed by atoms with Gasteiger partial charge in [0.25, 0.3) is 5.69 Å². The molecule has 7 heteroatoms. The van der Waals surface area contributed by atoms with Crippen LogP contribution in [-0.2, 0) is 11.3 Å². The average Bonchev–Trinajstić information content (AvgIpc) is 3.01. The number of H-pyrrole nitrogens is 1. The highest BCUT2D eigenvalue weighted by Gasteiger charge is 2.10. The third-order valence-electron chi connectivity index (χ3n) is 3.42. The Balaban J connectivity index is 1.64. The van der Waals surface area contributed by atoms with Crippen LogP contribution in [0.5, 0.6) is 0 Å². The number of nitrogens with one attached hydrogen (secondary N) is 2. The van der Waals surface area contributed by atoms with E-state index in [1.54, 1.807) is 18.2 Å². The quantitative estimate of drug-likeness (QED) is 0.428. The molecule has 0 aliphatic rings. The number of hydrogen-bond donors (Lipinski definition) is 2. The Hall–Kier alpha value is -3.48. The number of aromatic amines is 1. The summed E-state index contributed by atoms with van der Waals surface area (Å²) in [6, 6.07) is 13.8. The molecule has 0 atom stereocenters. The lowest BCUT2D eigenvalue weighted by molar-refractivity contribution is -0.385. The molecule has 0 fully saturated rings. The van der Waals surface area contributed by atoms with Crippen LogP contribution in [-0.4, -0.2) is 20.8 Å². The van der Waals surface area contributed by atoms with Crippen molar-refractivity contribution in [3.05, 3.63) is 76.1 Å². The van der Waals surface area contributed by atoms with Crippen molar-refractivity contribution in [3.63, 3.8) is 0 Å². The normalized spacial score (nSPS) is 11.0. The highest BCUT2D eigenvalue weighted by atomic mass is 16.6. The third-order valence-corrected chi connectivity index (χ3v) is 3.42. The number of carbonyl (C=O) groups excluding carboxylic acids is 1. The molecular weight excluding hydrogens is 308 g/mol. The van der Waals surface area contributed by atoms with Gasteiger partial charge in [0.15, 0.2) is 0 Å². The number of rotatable bonds is 5. The molecule has 0 saturated carbocycles. The molecule has 0 unspecified atom stereocenters. The highest BCUT2D eigenvalue weighted by molar-refractivity contribution is 5.92. The lowest BCUT2D eigenvalue weighted by atomic mass is 10.1. The van der Waals surface area contributed by atoms with Crippen LogP contribution < -0.4 is 5.32 Å². The van der Waals surface area contributed by atoms with Crippen molar-refractivity contribution in [2.45, 2.75) is 6.54 Å². The maximum atomic E-state index is 11.9. The van der Waals surface area contributed by atoms with E-state index in [-0.39, 0.29) is 18.1 Å². The van der Waals surface area contributed by atoms with Crippen LogP contribution in [0.2, 0.25) is 0 Å². The number of nitro benzene ring substituents is 1. The topological polar surface area (TPSA) is 101 Å². The summed E-state index contributed by atoms with van der Waals surface area (Å²) in [5.74, 6) is 0.289. The fraction of sp³-hybridized carbons (Fsp3) is 0.0588. The number of fused-ring (bicyclic) bond motifs is 1.